The Labute approximate surface area is 209 Å². The number of aliphatic hydroxyl groups excluding tert-OH is 1. The third kappa shape index (κ3) is 4.63. The Hall–Kier alpha value is -2.66. The first-order valence-corrected chi connectivity index (χ1v) is 12.9. The molecule has 5 heteroatoms. The van der Waals surface area contributed by atoms with Crippen molar-refractivity contribution in [3.63, 3.8) is 0 Å². The first-order valence-electron chi connectivity index (χ1n) is 12.9. The molecule has 1 aromatic rings. The third-order valence-corrected chi connectivity index (χ3v) is 8.42. The molecular weight excluding hydrogens is 438 g/mol. The molecule has 2 aliphatic carbocycles. The van der Waals surface area contributed by atoms with Crippen molar-refractivity contribution in [1.82, 2.24) is 5.32 Å². The van der Waals surface area contributed by atoms with Crippen molar-refractivity contribution in [3.05, 3.63) is 72.4 Å². The zero-order chi connectivity index (χ0) is 25.3. The fourth-order valence-electron chi connectivity index (χ4n) is 6.85. The Balaban J connectivity index is 1.90. The van der Waals surface area contributed by atoms with Crippen molar-refractivity contribution < 1.29 is 19.4 Å². The molecule has 188 valence electrons. The summed E-state index contributed by atoms with van der Waals surface area (Å²) in [6.45, 7) is 12.1. The van der Waals surface area contributed by atoms with E-state index in [0.717, 1.165) is 24.0 Å². The maximum atomic E-state index is 14.1. The summed E-state index contributed by atoms with van der Waals surface area (Å²) in [4.78, 5) is 26.5. The Kier molecular flexibility index (Phi) is 7.37. The number of allylic oxidation sites excluding steroid dienone is 2. The van der Waals surface area contributed by atoms with Crippen LogP contribution in [0, 0.1) is 35.0 Å². The molecule has 1 spiro atoms. The van der Waals surface area contributed by atoms with Gasteiger partial charge in [0.05, 0.1) is 6.10 Å². The average molecular weight is 478 g/mol. The van der Waals surface area contributed by atoms with E-state index in [1.807, 2.05) is 37.3 Å². The lowest BCUT2D eigenvalue weighted by Gasteiger charge is -2.52. The summed E-state index contributed by atoms with van der Waals surface area (Å²) in [6, 6.07) is 9.94. The standard InChI is InChI=1S/C30H39NO4/c1-18-10-9-13-24-28(33)21(4)20(3)27-25(17-23-11-7-6-8-12-23)31-29(34)30(24,27)26(35-22(5)32)15-14-19(2)16-18/h6-9,11-15,18-20,24-28,33H,4,10,16-17H2,1-3,5H3,(H,31,34)/b13-9+,15-14+/t18-,19+,20+,24-,25-,26?,27-,28+,30+/m0/s1. The zero-order valence-electron chi connectivity index (χ0n) is 21.3. The molecule has 1 amide bonds. The first-order chi connectivity index (χ1) is 16.7. The van der Waals surface area contributed by atoms with Gasteiger partial charge in [0, 0.05) is 24.8 Å². The fraction of sp³-hybridized carbons (Fsp3) is 0.533. The summed E-state index contributed by atoms with van der Waals surface area (Å²) in [5, 5.41) is 14.8. The number of rotatable bonds is 3. The molecule has 1 unspecified atom stereocenters. The number of aliphatic hydroxyl groups is 1. The van der Waals surface area contributed by atoms with Crippen LogP contribution in [-0.4, -0.2) is 35.2 Å². The van der Waals surface area contributed by atoms with Gasteiger partial charge in [0.25, 0.3) is 0 Å². The summed E-state index contributed by atoms with van der Waals surface area (Å²) in [5.74, 6) is -0.767. The quantitative estimate of drug-likeness (QED) is 0.492. The van der Waals surface area contributed by atoms with E-state index >= 15 is 0 Å². The molecule has 1 aromatic carbocycles. The van der Waals surface area contributed by atoms with E-state index in [4.69, 9.17) is 4.74 Å². The molecule has 2 N–H and O–H groups in total. The monoisotopic (exact) mass is 477 g/mol. The Bertz CT molecular complexity index is 1010. The molecule has 3 aliphatic rings. The second-order valence-corrected chi connectivity index (χ2v) is 11.0. The molecular formula is C30H39NO4. The van der Waals surface area contributed by atoms with Crippen molar-refractivity contribution in [2.24, 2.45) is 35.0 Å². The highest BCUT2D eigenvalue weighted by atomic mass is 16.5. The van der Waals surface area contributed by atoms with Crippen molar-refractivity contribution in [2.75, 3.05) is 0 Å². The highest BCUT2D eigenvalue weighted by Crippen LogP contribution is 2.58. The molecule has 35 heavy (non-hydrogen) atoms. The zero-order valence-corrected chi connectivity index (χ0v) is 21.3. The second kappa shape index (κ2) is 10.1. The number of nitrogens with one attached hydrogen (secondary N) is 1. The van der Waals surface area contributed by atoms with Gasteiger partial charge in [0.2, 0.25) is 5.91 Å². The Morgan fingerprint density at radius 3 is 2.57 bits per heavy atom. The van der Waals surface area contributed by atoms with Gasteiger partial charge in [-0.1, -0.05) is 75.9 Å². The maximum Gasteiger partial charge on any atom is 0.303 e. The van der Waals surface area contributed by atoms with Crippen molar-refractivity contribution in [1.29, 1.82) is 0 Å². The molecule has 1 saturated carbocycles. The van der Waals surface area contributed by atoms with Gasteiger partial charge in [-0.05, 0) is 54.2 Å². The minimum Gasteiger partial charge on any atom is -0.457 e. The van der Waals surface area contributed by atoms with Gasteiger partial charge in [-0.25, -0.2) is 0 Å². The van der Waals surface area contributed by atoms with Gasteiger partial charge in [-0.2, -0.15) is 0 Å². The smallest absolute Gasteiger partial charge is 0.303 e. The molecule has 1 aliphatic heterocycles. The molecule has 1 heterocycles. The van der Waals surface area contributed by atoms with Crippen LogP contribution in [0.1, 0.15) is 46.1 Å². The van der Waals surface area contributed by atoms with Crippen LogP contribution in [-0.2, 0) is 20.7 Å². The lowest BCUT2D eigenvalue weighted by molar-refractivity contribution is -0.166. The average Bonchev–Trinajstić information content (AvgIpc) is 3.08. The number of benzene rings is 1. The largest absolute Gasteiger partial charge is 0.457 e. The first kappa shape index (κ1) is 25.4. The van der Waals surface area contributed by atoms with Crippen LogP contribution in [0.3, 0.4) is 0 Å². The SMILES string of the molecule is C=C1[C@@H](C)[C@H]2[C@H](Cc3ccccc3)NC(=O)[C@]23C(OC(C)=O)/C=C/[C@@H](C)C[C@@H](C)C/C=C/[C@H]3[C@@H]1O. The van der Waals surface area contributed by atoms with Gasteiger partial charge in [-0.15, -0.1) is 0 Å². The predicted octanol–water partition coefficient (Wildman–Crippen LogP) is 4.62. The lowest BCUT2D eigenvalue weighted by Crippen LogP contribution is -2.60. The minimum absolute atomic E-state index is 0.143. The summed E-state index contributed by atoms with van der Waals surface area (Å²) in [7, 11) is 0. The predicted molar refractivity (Wildman–Crippen MR) is 137 cm³/mol. The fourth-order valence-corrected chi connectivity index (χ4v) is 6.85. The Morgan fingerprint density at radius 2 is 1.89 bits per heavy atom. The number of carbonyl (C=O) groups excluding carboxylic acids is 2. The van der Waals surface area contributed by atoms with Crippen LogP contribution in [0.15, 0.2) is 66.8 Å². The maximum absolute atomic E-state index is 14.1. The van der Waals surface area contributed by atoms with Crippen LogP contribution >= 0.6 is 0 Å². The molecule has 0 bridgehead atoms. The van der Waals surface area contributed by atoms with Crippen LogP contribution in [0.25, 0.3) is 0 Å². The van der Waals surface area contributed by atoms with Gasteiger partial charge < -0.3 is 15.2 Å². The minimum atomic E-state index is -1.13. The number of amides is 1. The topological polar surface area (TPSA) is 75.6 Å². The lowest BCUT2D eigenvalue weighted by atomic mass is 9.51. The van der Waals surface area contributed by atoms with E-state index in [1.54, 1.807) is 0 Å². The number of esters is 1. The number of ether oxygens (including phenoxy) is 1. The van der Waals surface area contributed by atoms with E-state index in [9.17, 15) is 14.7 Å². The van der Waals surface area contributed by atoms with E-state index < -0.39 is 29.5 Å². The molecule has 5 nitrogen and oxygen atoms in total. The highest BCUT2D eigenvalue weighted by molar-refractivity contribution is 5.89. The van der Waals surface area contributed by atoms with E-state index in [1.165, 1.54) is 6.92 Å². The highest BCUT2D eigenvalue weighted by Gasteiger charge is 2.68. The van der Waals surface area contributed by atoms with Gasteiger partial charge in [0.1, 0.15) is 11.5 Å². The molecule has 0 radical (unpaired) electrons. The van der Waals surface area contributed by atoms with Gasteiger partial charge in [0.15, 0.2) is 0 Å². The van der Waals surface area contributed by atoms with Crippen LogP contribution in [0.5, 0.6) is 0 Å². The summed E-state index contributed by atoms with van der Waals surface area (Å²) in [5.41, 5.74) is 0.729. The molecule has 9 atom stereocenters. The second-order valence-electron chi connectivity index (χ2n) is 11.0. The van der Waals surface area contributed by atoms with Crippen LogP contribution in [0.2, 0.25) is 0 Å². The van der Waals surface area contributed by atoms with Crippen LogP contribution < -0.4 is 5.32 Å². The molecule has 2 fully saturated rings. The van der Waals surface area contributed by atoms with Crippen LogP contribution in [0.4, 0.5) is 0 Å². The van der Waals surface area contributed by atoms with E-state index in [2.05, 4.69) is 50.0 Å². The molecule has 4 rings (SSSR count). The van der Waals surface area contributed by atoms with Crippen molar-refractivity contribution in [2.45, 2.75) is 65.2 Å². The summed E-state index contributed by atoms with van der Waals surface area (Å²) in [6.07, 6.45) is 8.90. The Morgan fingerprint density at radius 1 is 1.17 bits per heavy atom. The third-order valence-electron chi connectivity index (χ3n) is 8.42. The summed E-state index contributed by atoms with van der Waals surface area (Å²) >= 11 is 0. The molecule has 0 aromatic heterocycles. The van der Waals surface area contributed by atoms with Crippen molar-refractivity contribution >= 4 is 11.9 Å². The van der Waals surface area contributed by atoms with E-state index in [-0.39, 0.29) is 29.7 Å². The number of hydrogen-bond donors (Lipinski definition) is 2. The van der Waals surface area contributed by atoms with Gasteiger partial charge >= 0.3 is 5.97 Å². The normalized spacial score (nSPS) is 41.1. The molecule has 1 saturated heterocycles. The number of hydrogen-bond acceptors (Lipinski definition) is 4. The number of carbonyl (C=O) groups is 2. The summed E-state index contributed by atoms with van der Waals surface area (Å²) < 4.78 is 5.95. The van der Waals surface area contributed by atoms with Crippen molar-refractivity contribution in [3.8, 4) is 0 Å². The van der Waals surface area contributed by atoms with Gasteiger partial charge in [-0.3, -0.25) is 9.59 Å². The van der Waals surface area contributed by atoms with E-state index in [0.29, 0.717) is 12.3 Å².